The Balaban J connectivity index is 1.51. The Hall–Kier alpha value is -4.09. The van der Waals surface area contributed by atoms with Crippen LogP contribution in [0.25, 0.3) is 0 Å². The Morgan fingerprint density at radius 2 is 1.75 bits per heavy atom. The molecule has 1 unspecified atom stereocenters. The van der Waals surface area contributed by atoms with Gasteiger partial charge in [0.2, 0.25) is 5.91 Å². The topological polar surface area (TPSA) is 124 Å². The average Bonchev–Trinajstić information content (AvgIpc) is 2.75. The van der Waals surface area contributed by atoms with Crippen molar-refractivity contribution in [2.24, 2.45) is 4.99 Å². The van der Waals surface area contributed by atoms with Crippen molar-refractivity contribution >= 4 is 29.4 Å². The number of hydrazine groups is 2. The lowest BCUT2D eigenvalue weighted by atomic mass is 10.1. The number of carbonyl (C=O) groups excluding carboxylic acids is 3. The van der Waals surface area contributed by atoms with Gasteiger partial charge in [-0.3, -0.25) is 30.9 Å². The van der Waals surface area contributed by atoms with E-state index >= 15 is 0 Å². The predicted octanol–water partition coefficient (Wildman–Crippen LogP) is 1.89. The molecule has 5 N–H and O–H groups in total. The molecule has 4 amide bonds. The molecule has 1 aliphatic rings. The summed E-state index contributed by atoms with van der Waals surface area (Å²) in [7, 11) is 0. The van der Waals surface area contributed by atoms with Gasteiger partial charge in [-0.05, 0) is 23.8 Å². The van der Waals surface area contributed by atoms with Gasteiger partial charge in [-0.1, -0.05) is 36.4 Å². The molecule has 1 aliphatic heterocycles. The summed E-state index contributed by atoms with van der Waals surface area (Å²) in [6.45, 7) is 0. The Kier molecular flexibility index (Phi) is 6.93. The number of halogens is 3. The van der Waals surface area contributed by atoms with Gasteiger partial charge in [0.05, 0.1) is 12.0 Å². The Morgan fingerprint density at radius 3 is 2.47 bits per heavy atom. The van der Waals surface area contributed by atoms with Gasteiger partial charge >= 0.3 is 12.2 Å². The molecule has 9 nitrogen and oxygen atoms in total. The summed E-state index contributed by atoms with van der Waals surface area (Å²) in [6, 6.07) is 11.4. The van der Waals surface area contributed by atoms with Crippen LogP contribution < -0.4 is 27.0 Å². The maximum absolute atomic E-state index is 12.7. The molecule has 168 valence electrons. The minimum Gasteiger partial charge on any atom is -0.307 e. The van der Waals surface area contributed by atoms with Crippen LogP contribution in [-0.2, 0) is 22.2 Å². The second-order valence-corrected chi connectivity index (χ2v) is 6.78. The highest BCUT2D eigenvalue weighted by atomic mass is 19.4. The smallest absolute Gasteiger partial charge is 0.307 e. The van der Waals surface area contributed by atoms with Crippen LogP contribution in [0, 0.1) is 0 Å². The van der Waals surface area contributed by atoms with E-state index in [-0.39, 0.29) is 12.1 Å². The number of carbonyl (C=O) groups is 3. The standard InChI is InChI=1S/C20H19F3N6O3/c21-20(22,23)13-7-4-8-14(10-13)24-19(32)29-27-17(30)11-15-18(31)28-26-16(25-15)9-12-5-2-1-3-6-12/h1-8,10,15H,9,11H2,(H,25,26)(H,27,30)(H,28,31)(H2,24,29,32). The fourth-order valence-electron chi connectivity index (χ4n) is 2.80. The molecule has 0 aromatic heterocycles. The number of alkyl halides is 3. The fourth-order valence-corrected chi connectivity index (χ4v) is 2.80. The van der Waals surface area contributed by atoms with Gasteiger partial charge in [0, 0.05) is 12.1 Å². The molecule has 12 heteroatoms. The third kappa shape index (κ3) is 6.45. The van der Waals surface area contributed by atoms with E-state index in [1.54, 1.807) is 0 Å². The van der Waals surface area contributed by atoms with Gasteiger partial charge in [0.25, 0.3) is 5.91 Å². The number of rotatable bonds is 5. The molecule has 2 aromatic rings. The van der Waals surface area contributed by atoms with Gasteiger partial charge in [0.15, 0.2) is 0 Å². The number of benzene rings is 2. The maximum atomic E-state index is 12.7. The third-order valence-electron chi connectivity index (χ3n) is 4.30. The van der Waals surface area contributed by atoms with E-state index in [1.807, 2.05) is 35.8 Å². The summed E-state index contributed by atoms with van der Waals surface area (Å²) in [5.41, 5.74) is 9.12. The number of anilines is 1. The number of nitrogens with one attached hydrogen (secondary N) is 5. The second-order valence-electron chi connectivity index (χ2n) is 6.78. The van der Waals surface area contributed by atoms with Crippen LogP contribution in [0.2, 0.25) is 0 Å². The number of nitrogens with zero attached hydrogens (tertiary/aromatic N) is 1. The fraction of sp³-hybridized carbons (Fsp3) is 0.200. The van der Waals surface area contributed by atoms with Crippen molar-refractivity contribution in [3.05, 3.63) is 65.7 Å². The summed E-state index contributed by atoms with van der Waals surface area (Å²) in [6.07, 6.45) is -4.50. The SMILES string of the molecule is O=C(CC1N=C(Cc2ccccc2)NNC1=O)NNC(=O)Nc1cccc(C(F)(F)F)c1. The van der Waals surface area contributed by atoms with Gasteiger partial charge in [0.1, 0.15) is 11.9 Å². The normalized spacial score (nSPS) is 15.7. The zero-order chi connectivity index (χ0) is 23.1. The quantitative estimate of drug-likeness (QED) is 0.448. The number of aliphatic imine (C=N–C) groups is 1. The highest BCUT2D eigenvalue weighted by Gasteiger charge is 2.30. The largest absolute Gasteiger partial charge is 0.416 e. The van der Waals surface area contributed by atoms with Crippen molar-refractivity contribution in [2.45, 2.75) is 25.1 Å². The van der Waals surface area contributed by atoms with Crippen molar-refractivity contribution in [2.75, 3.05) is 5.32 Å². The number of hydrogen-bond acceptors (Lipinski definition) is 5. The number of amidine groups is 1. The minimum atomic E-state index is -4.56. The molecule has 0 spiro atoms. The lowest BCUT2D eigenvalue weighted by molar-refractivity contribution is -0.137. The molecule has 0 saturated heterocycles. The van der Waals surface area contributed by atoms with E-state index in [2.05, 4.69) is 26.6 Å². The van der Waals surface area contributed by atoms with E-state index < -0.39 is 35.6 Å². The van der Waals surface area contributed by atoms with E-state index in [0.29, 0.717) is 12.3 Å². The Labute approximate surface area is 180 Å². The number of urea groups is 1. The van der Waals surface area contributed by atoms with Gasteiger partial charge in [-0.15, -0.1) is 0 Å². The molecular weight excluding hydrogens is 429 g/mol. The zero-order valence-corrected chi connectivity index (χ0v) is 16.5. The molecule has 2 aromatic carbocycles. The lowest BCUT2D eigenvalue weighted by Crippen LogP contribution is -2.53. The maximum Gasteiger partial charge on any atom is 0.416 e. The third-order valence-corrected chi connectivity index (χ3v) is 4.30. The van der Waals surface area contributed by atoms with E-state index in [4.69, 9.17) is 0 Å². The van der Waals surface area contributed by atoms with Crippen molar-refractivity contribution < 1.29 is 27.6 Å². The summed E-state index contributed by atoms with van der Waals surface area (Å²) >= 11 is 0. The summed E-state index contributed by atoms with van der Waals surface area (Å²) in [4.78, 5) is 40.1. The average molecular weight is 448 g/mol. The predicted molar refractivity (Wildman–Crippen MR) is 109 cm³/mol. The molecule has 0 saturated carbocycles. The molecule has 0 fully saturated rings. The summed E-state index contributed by atoms with van der Waals surface area (Å²) in [5, 5.41) is 2.17. The van der Waals surface area contributed by atoms with Crippen LogP contribution >= 0.6 is 0 Å². The van der Waals surface area contributed by atoms with Crippen LogP contribution in [0.5, 0.6) is 0 Å². The van der Waals surface area contributed by atoms with Crippen LogP contribution in [-0.4, -0.2) is 29.7 Å². The molecule has 0 bridgehead atoms. The zero-order valence-electron chi connectivity index (χ0n) is 16.5. The number of amides is 4. The highest BCUT2D eigenvalue weighted by molar-refractivity contribution is 5.97. The van der Waals surface area contributed by atoms with Crippen LogP contribution in [0.3, 0.4) is 0 Å². The second kappa shape index (κ2) is 9.81. The monoisotopic (exact) mass is 448 g/mol. The van der Waals surface area contributed by atoms with E-state index in [9.17, 15) is 27.6 Å². The first kappa shape index (κ1) is 22.6. The first-order valence-electron chi connectivity index (χ1n) is 9.40. The first-order valence-corrected chi connectivity index (χ1v) is 9.40. The molecule has 1 atom stereocenters. The van der Waals surface area contributed by atoms with Gasteiger partial charge in [-0.25, -0.2) is 10.2 Å². The molecule has 1 heterocycles. The van der Waals surface area contributed by atoms with E-state index in [1.165, 1.54) is 6.07 Å². The molecular formula is C20H19F3N6O3. The Bertz CT molecular complexity index is 1030. The summed E-state index contributed by atoms with van der Waals surface area (Å²) < 4.78 is 38.2. The Morgan fingerprint density at radius 1 is 1.00 bits per heavy atom. The molecule has 3 rings (SSSR count). The molecule has 0 radical (unpaired) electrons. The van der Waals surface area contributed by atoms with Crippen molar-refractivity contribution in [1.82, 2.24) is 21.7 Å². The van der Waals surface area contributed by atoms with Gasteiger partial charge in [-0.2, -0.15) is 13.2 Å². The van der Waals surface area contributed by atoms with Crippen LogP contribution in [0.15, 0.2) is 59.6 Å². The molecule has 0 aliphatic carbocycles. The first-order chi connectivity index (χ1) is 15.2. The highest BCUT2D eigenvalue weighted by Crippen LogP contribution is 2.30. The van der Waals surface area contributed by atoms with Crippen LogP contribution in [0.1, 0.15) is 17.5 Å². The summed E-state index contributed by atoms with van der Waals surface area (Å²) in [5.74, 6) is -0.775. The molecule has 32 heavy (non-hydrogen) atoms. The lowest BCUT2D eigenvalue weighted by Gasteiger charge is -2.22. The van der Waals surface area contributed by atoms with Crippen molar-refractivity contribution in [3.63, 3.8) is 0 Å². The van der Waals surface area contributed by atoms with Crippen molar-refractivity contribution in [1.29, 1.82) is 0 Å². The van der Waals surface area contributed by atoms with Crippen LogP contribution in [0.4, 0.5) is 23.7 Å². The van der Waals surface area contributed by atoms with Gasteiger partial charge < -0.3 is 5.32 Å². The minimum absolute atomic E-state index is 0.112. The van der Waals surface area contributed by atoms with E-state index in [0.717, 1.165) is 23.8 Å². The van der Waals surface area contributed by atoms with Crippen molar-refractivity contribution in [3.8, 4) is 0 Å². The number of hydrogen-bond donors (Lipinski definition) is 5.